The van der Waals surface area contributed by atoms with E-state index in [1.165, 1.54) is 11.3 Å². The Balaban J connectivity index is 1.72. The van der Waals surface area contributed by atoms with Gasteiger partial charge in [-0.15, -0.1) is 11.3 Å². The minimum atomic E-state index is -0.160. The number of rotatable bonds is 3. The number of fused-ring (bicyclic) bond motifs is 1. The third-order valence-corrected chi connectivity index (χ3v) is 5.73. The monoisotopic (exact) mass is 363 g/mol. The molecule has 1 atom stereocenters. The molecular weight excluding hydrogens is 346 g/mol. The van der Waals surface area contributed by atoms with Crippen LogP contribution in [0.1, 0.15) is 38.7 Å². The predicted molar refractivity (Wildman–Crippen MR) is 103 cm³/mol. The summed E-state index contributed by atoms with van der Waals surface area (Å²) in [6.07, 6.45) is 3.86. The van der Waals surface area contributed by atoms with E-state index in [-0.39, 0.29) is 17.7 Å². The molecule has 2 aromatic heterocycles. The summed E-state index contributed by atoms with van der Waals surface area (Å²) < 4.78 is 0. The van der Waals surface area contributed by atoms with Crippen molar-refractivity contribution in [1.82, 2.24) is 4.98 Å². The standard InChI is InChI=1S/C20H17N3O2S/c1-12-17-15(13-6-5-9-21-11-13)10-16(24)23-20(17)26-18(12)19(25)22-14-7-3-2-4-8-14/h2-9,11,15H,10H2,1H3,(H,22,25)(H,23,24)/t15-/m1/s1. The lowest BCUT2D eigenvalue weighted by Gasteiger charge is -2.23. The molecular formula is C20H17N3O2S. The molecule has 1 aliphatic rings. The van der Waals surface area contributed by atoms with Crippen LogP contribution in [-0.4, -0.2) is 16.8 Å². The summed E-state index contributed by atoms with van der Waals surface area (Å²) in [4.78, 5) is 29.7. The molecule has 0 aliphatic carbocycles. The van der Waals surface area contributed by atoms with Crippen molar-refractivity contribution in [2.45, 2.75) is 19.3 Å². The van der Waals surface area contributed by atoms with E-state index in [2.05, 4.69) is 15.6 Å². The number of hydrogen-bond donors (Lipinski definition) is 2. The second kappa shape index (κ2) is 6.72. The van der Waals surface area contributed by atoms with Gasteiger partial charge in [0.15, 0.2) is 0 Å². The number of carbonyl (C=O) groups is 2. The second-order valence-corrected chi connectivity index (χ2v) is 7.23. The lowest BCUT2D eigenvalue weighted by atomic mass is 9.85. The number of aromatic nitrogens is 1. The van der Waals surface area contributed by atoms with E-state index in [0.29, 0.717) is 11.3 Å². The first-order valence-corrected chi connectivity index (χ1v) is 9.14. The molecule has 2 amide bonds. The Morgan fingerprint density at radius 1 is 1.23 bits per heavy atom. The van der Waals surface area contributed by atoms with Gasteiger partial charge in [0.1, 0.15) is 0 Å². The van der Waals surface area contributed by atoms with Gasteiger partial charge in [0.2, 0.25) is 5.91 Å². The summed E-state index contributed by atoms with van der Waals surface area (Å²) in [6, 6.07) is 13.2. The third kappa shape index (κ3) is 2.99. The maximum atomic E-state index is 12.8. The molecule has 0 saturated heterocycles. The van der Waals surface area contributed by atoms with Crippen molar-refractivity contribution in [2.24, 2.45) is 0 Å². The normalized spacial score (nSPS) is 15.9. The van der Waals surface area contributed by atoms with E-state index in [9.17, 15) is 9.59 Å². The molecule has 0 radical (unpaired) electrons. The van der Waals surface area contributed by atoms with Gasteiger partial charge >= 0.3 is 0 Å². The van der Waals surface area contributed by atoms with Crippen LogP contribution in [0.3, 0.4) is 0 Å². The van der Waals surface area contributed by atoms with Crippen molar-refractivity contribution < 1.29 is 9.59 Å². The molecule has 26 heavy (non-hydrogen) atoms. The fourth-order valence-electron chi connectivity index (χ4n) is 3.30. The highest BCUT2D eigenvalue weighted by molar-refractivity contribution is 7.18. The SMILES string of the molecule is Cc1c(C(=O)Nc2ccccc2)sc2c1[C@@H](c1cccnc1)CC(=O)N2. The second-order valence-electron chi connectivity index (χ2n) is 6.21. The quantitative estimate of drug-likeness (QED) is 0.733. The average Bonchev–Trinajstić information content (AvgIpc) is 2.99. The van der Waals surface area contributed by atoms with Crippen LogP contribution in [0.5, 0.6) is 0 Å². The van der Waals surface area contributed by atoms with E-state index in [0.717, 1.165) is 27.4 Å². The average molecular weight is 363 g/mol. The Labute approximate surface area is 155 Å². The first kappa shape index (κ1) is 16.5. The van der Waals surface area contributed by atoms with Crippen LogP contribution < -0.4 is 10.6 Å². The smallest absolute Gasteiger partial charge is 0.266 e. The molecule has 0 saturated carbocycles. The lowest BCUT2D eigenvalue weighted by molar-refractivity contribution is -0.116. The molecule has 130 valence electrons. The Morgan fingerprint density at radius 2 is 2.04 bits per heavy atom. The van der Waals surface area contributed by atoms with Crippen LogP contribution in [0.4, 0.5) is 10.7 Å². The topological polar surface area (TPSA) is 71.1 Å². The molecule has 0 bridgehead atoms. The molecule has 3 heterocycles. The number of nitrogens with one attached hydrogen (secondary N) is 2. The largest absolute Gasteiger partial charge is 0.321 e. The summed E-state index contributed by atoms with van der Waals surface area (Å²) in [5, 5.41) is 6.59. The number of thiophene rings is 1. The van der Waals surface area contributed by atoms with E-state index < -0.39 is 0 Å². The van der Waals surface area contributed by atoms with E-state index in [1.54, 1.807) is 12.4 Å². The number of benzene rings is 1. The van der Waals surface area contributed by atoms with E-state index in [1.807, 2.05) is 49.4 Å². The number of para-hydroxylation sites is 1. The van der Waals surface area contributed by atoms with Crippen molar-refractivity contribution >= 4 is 33.8 Å². The van der Waals surface area contributed by atoms with Crippen molar-refractivity contribution in [3.8, 4) is 0 Å². The first-order chi connectivity index (χ1) is 12.6. The van der Waals surface area contributed by atoms with Crippen LogP contribution in [-0.2, 0) is 4.79 Å². The van der Waals surface area contributed by atoms with Gasteiger partial charge in [-0.25, -0.2) is 0 Å². The highest BCUT2D eigenvalue weighted by atomic mass is 32.1. The summed E-state index contributed by atoms with van der Waals surface area (Å²) in [5.74, 6) is -0.281. The summed E-state index contributed by atoms with van der Waals surface area (Å²) >= 11 is 1.33. The van der Waals surface area contributed by atoms with Gasteiger partial charge < -0.3 is 10.6 Å². The van der Waals surface area contributed by atoms with Gasteiger partial charge in [0.05, 0.1) is 9.88 Å². The molecule has 0 unspecified atom stereocenters. The molecule has 3 aromatic rings. The van der Waals surface area contributed by atoms with E-state index in [4.69, 9.17) is 0 Å². The molecule has 6 heteroatoms. The summed E-state index contributed by atoms with van der Waals surface area (Å²) in [5.41, 5.74) is 3.66. The zero-order valence-electron chi connectivity index (χ0n) is 14.2. The summed E-state index contributed by atoms with van der Waals surface area (Å²) in [6.45, 7) is 1.94. The minimum absolute atomic E-state index is 0.0392. The number of amides is 2. The van der Waals surface area contributed by atoms with Gasteiger partial charge in [-0.1, -0.05) is 24.3 Å². The fourth-order valence-corrected chi connectivity index (χ4v) is 4.48. The van der Waals surface area contributed by atoms with Gasteiger partial charge in [-0.05, 0) is 41.8 Å². The molecule has 4 rings (SSSR count). The Hall–Kier alpha value is -2.99. The number of anilines is 2. The van der Waals surface area contributed by atoms with Crippen molar-refractivity contribution in [1.29, 1.82) is 0 Å². The predicted octanol–water partition coefficient (Wildman–Crippen LogP) is 4.18. The minimum Gasteiger partial charge on any atom is -0.321 e. The van der Waals surface area contributed by atoms with Gasteiger partial charge in [0.25, 0.3) is 5.91 Å². The molecule has 0 fully saturated rings. The number of carbonyl (C=O) groups excluding carboxylic acids is 2. The van der Waals surface area contributed by atoms with Crippen molar-refractivity contribution in [2.75, 3.05) is 10.6 Å². The third-order valence-electron chi connectivity index (χ3n) is 4.51. The number of hydrogen-bond acceptors (Lipinski definition) is 4. The Kier molecular flexibility index (Phi) is 4.26. The van der Waals surface area contributed by atoms with Crippen LogP contribution in [0.2, 0.25) is 0 Å². The number of pyridine rings is 1. The molecule has 0 spiro atoms. The fraction of sp³-hybridized carbons (Fsp3) is 0.150. The highest BCUT2D eigenvalue weighted by Gasteiger charge is 2.32. The summed E-state index contributed by atoms with van der Waals surface area (Å²) in [7, 11) is 0. The highest BCUT2D eigenvalue weighted by Crippen LogP contribution is 2.45. The van der Waals surface area contributed by atoms with Crippen LogP contribution in [0.25, 0.3) is 0 Å². The molecule has 1 aromatic carbocycles. The Bertz CT molecular complexity index is 967. The Morgan fingerprint density at radius 3 is 2.77 bits per heavy atom. The lowest BCUT2D eigenvalue weighted by Crippen LogP contribution is -2.22. The van der Waals surface area contributed by atoms with Crippen LogP contribution >= 0.6 is 11.3 Å². The van der Waals surface area contributed by atoms with E-state index >= 15 is 0 Å². The van der Waals surface area contributed by atoms with Gasteiger partial charge in [-0.3, -0.25) is 14.6 Å². The maximum absolute atomic E-state index is 12.8. The molecule has 2 N–H and O–H groups in total. The first-order valence-electron chi connectivity index (χ1n) is 8.33. The zero-order valence-corrected chi connectivity index (χ0v) is 15.0. The maximum Gasteiger partial charge on any atom is 0.266 e. The molecule has 1 aliphatic heterocycles. The van der Waals surface area contributed by atoms with Gasteiger partial charge in [-0.2, -0.15) is 0 Å². The van der Waals surface area contributed by atoms with Crippen LogP contribution in [0.15, 0.2) is 54.9 Å². The van der Waals surface area contributed by atoms with Crippen molar-refractivity contribution in [3.63, 3.8) is 0 Å². The number of nitrogens with zero attached hydrogens (tertiary/aromatic N) is 1. The molecule has 5 nitrogen and oxygen atoms in total. The van der Waals surface area contributed by atoms with Gasteiger partial charge in [0, 0.05) is 30.4 Å². The zero-order chi connectivity index (χ0) is 18.1. The van der Waals surface area contributed by atoms with Crippen LogP contribution in [0, 0.1) is 6.92 Å². The van der Waals surface area contributed by atoms with Crippen molar-refractivity contribution in [3.05, 3.63) is 76.4 Å².